The van der Waals surface area contributed by atoms with E-state index < -0.39 is 11.7 Å². The topological polar surface area (TPSA) is 63.5 Å². The smallest absolute Gasteiger partial charge is 0.118 e. The summed E-state index contributed by atoms with van der Waals surface area (Å²) in [6.07, 6.45) is 2.04. The zero-order valence-corrected chi connectivity index (χ0v) is 21.9. The van der Waals surface area contributed by atoms with Crippen LogP contribution in [0.5, 0.6) is 0 Å². The number of quaternary nitrogens is 1. The molecule has 0 bridgehead atoms. The Labute approximate surface area is 216 Å². The van der Waals surface area contributed by atoms with Gasteiger partial charge in [0.25, 0.3) is 0 Å². The average molecular weight is 488 g/mol. The van der Waals surface area contributed by atoms with Crippen molar-refractivity contribution in [2.24, 2.45) is 5.92 Å². The summed E-state index contributed by atoms with van der Waals surface area (Å²) in [6, 6.07) is 27.9. The van der Waals surface area contributed by atoms with Crippen molar-refractivity contribution in [3.05, 3.63) is 112 Å². The Bertz CT molecular complexity index is 1040. The van der Waals surface area contributed by atoms with Crippen LogP contribution in [0.4, 0.5) is 0 Å². The lowest BCUT2D eigenvalue weighted by Crippen LogP contribution is -2.52. The molecule has 0 saturated carbocycles. The van der Waals surface area contributed by atoms with Crippen molar-refractivity contribution in [3.63, 3.8) is 0 Å². The maximum atomic E-state index is 13.5. The zero-order chi connectivity index (χ0) is 25.8. The molecule has 192 valence electrons. The minimum absolute atomic E-state index is 0.0191. The molecule has 1 atom stereocenters. The summed E-state index contributed by atoms with van der Waals surface area (Å²) in [5.41, 5.74) is 2.90. The van der Waals surface area contributed by atoms with E-state index in [1.54, 1.807) is 0 Å². The fraction of sp³-hybridized carbons (Fsp3) is 0.438. The lowest BCUT2D eigenvalue weighted by Gasteiger charge is -2.50. The minimum Gasteiger partial charge on any atom is -0.633 e. The molecule has 4 heteroatoms. The van der Waals surface area contributed by atoms with E-state index in [0.29, 0.717) is 45.3 Å². The second-order valence-corrected chi connectivity index (χ2v) is 11.5. The molecule has 1 saturated heterocycles. The van der Waals surface area contributed by atoms with Gasteiger partial charge in [-0.05, 0) is 40.5 Å². The van der Waals surface area contributed by atoms with Gasteiger partial charge in [0, 0.05) is 18.8 Å². The van der Waals surface area contributed by atoms with Gasteiger partial charge in [-0.25, -0.2) is 0 Å². The van der Waals surface area contributed by atoms with Gasteiger partial charge in [-0.15, -0.1) is 0 Å². The summed E-state index contributed by atoms with van der Waals surface area (Å²) >= 11 is 0. The van der Waals surface area contributed by atoms with Gasteiger partial charge in [-0.2, -0.15) is 0 Å². The molecule has 3 aromatic carbocycles. The second kappa shape index (κ2) is 10.9. The van der Waals surface area contributed by atoms with Gasteiger partial charge in [0.2, 0.25) is 0 Å². The molecule has 0 aliphatic carbocycles. The Kier molecular flexibility index (Phi) is 8.01. The summed E-state index contributed by atoms with van der Waals surface area (Å²) in [5.74, 6) is -0.0191. The third-order valence-electron chi connectivity index (χ3n) is 7.99. The van der Waals surface area contributed by atoms with Crippen molar-refractivity contribution >= 4 is 0 Å². The summed E-state index contributed by atoms with van der Waals surface area (Å²) in [6.45, 7) is 8.02. The van der Waals surface area contributed by atoms with Crippen LogP contribution < -0.4 is 0 Å². The molecule has 1 aliphatic rings. The van der Waals surface area contributed by atoms with E-state index in [0.717, 1.165) is 16.7 Å². The third-order valence-corrected chi connectivity index (χ3v) is 7.99. The van der Waals surface area contributed by atoms with Crippen LogP contribution in [0.1, 0.15) is 74.8 Å². The first-order valence-electron chi connectivity index (χ1n) is 13.3. The lowest BCUT2D eigenvalue weighted by molar-refractivity contribution is -0.887. The first-order chi connectivity index (χ1) is 17.1. The number of nitrogens with zero attached hydrogens (tertiary/aromatic N) is 1. The van der Waals surface area contributed by atoms with E-state index in [9.17, 15) is 15.4 Å². The molecule has 0 spiro atoms. The van der Waals surface area contributed by atoms with Gasteiger partial charge in [-0.3, -0.25) is 0 Å². The highest BCUT2D eigenvalue weighted by Crippen LogP contribution is 2.43. The van der Waals surface area contributed by atoms with Crippen molar-refractivity contribution in [2.75, 3.05) is 19.6 Å². The fourth-order valence-electron chi connectivity index (χ4n) is 5.65. The molecule has 0 radical (unpaired) electrons. The summed E-state index contributed by atoms with van der Waals surface area (Å²) in [5, 5.41) is 36.3. The molecule has 3 aromatic rings. The van der Waals surface area contributed by atoms with Gasteiger partial charge in [-0.1, -0.05) is 106 Å². The van der Waals surface area contributed by atoms with Crippen LogP contribution in [0.25, 0.3) is 0 Å². The van der Waals surface area contributed by atoms with Crippen LogP contribution in [0.15, 0.2) is 84.9 Å². The van der Waals surface area contributed by atoms with Crippen LogP contribution in [0.2, 0.25) is 0 Å². The highest BCUT2D eigenvalue weighted by molar-refractivity contribution is 5.37. The van der Waals surface area contributed by atoms with E-state index >= 15 is 0 Å². The molecule has 0 aromatic heterocycles. The standard InChI is InChI=1S/C32H41NO3/c1-31(2,3)26-18-16-25(17-19-26)30(34)15-10-22-33(36)23-20-29(21-24-33)32(35,27-11-6-4-7-12-27)28-13-8-5-9-14-28/h4-9,11-14,16-19,29-30,34-35H,10,15,20-24H2,1-3H3/t29?,30-,33?/m1/s1. The highest BCUT2D eigenvalue weighted by atomic mass is 16.5. The number of benzene rings is 3. The van der Waals surface area contributed by atoms with Gasteiger partial charge in [0.1, 0.15) is 5.60 Å². The predicted molar refractivity (Wildman–Crippen MR) is 146 cm³/mol. The van der Waals surface area contributed by atoms with E-state index in [-0.39, 0.29) is 16.0 Å². The van der Waals surface area contributed by atoms with Crippen molar-refractivity contribution in [3.8, 4) is 0 Å². The summed E-state index contributed by atoms with van der Waals surface area (Å²) < 4.78 is -0.244. The third kappa shape index (κ3) is 5.90. The monoisotopic (exact) mass is 487 g/mol. The quantitative estimate of drug-likeness (QED) is 0.283. The molecule has 0 unspecified atom stereocenters. The van der Waals surface area contributed by atoms with Crippen molar-refractivity contribution in [1.82, 2.24) is 0 Å². The fourth-order valence-corrected chi connectivity index (χ4v) is 5.65. The van der Waals surface area contributed by atoms with E-state index in [2.05, 4.69) is 32.9 Å². The van der Waals surface area contributed by atoms with Gasteiger partial charge in [0.15, 0.2) is 0 Å². The van der Waals surface area contributed by atoms with Gasteiger partial charge in [0.05, 0.1) is 25.7 Å². The van der Waals surface area contributed by atoms with Crippen LogP contribution >= 0.6 is 0 Å². The Balaban J connectivity index is 1.36. The lowest BCUT2D eigenvalue weighted by atomic mass is 9.72. The van der Waals surface area contributed by atoms with Gasteiger partial charge < -0.3 is 20.1 Å². The Morgan fingerprint density at radius 2 is 1.31 bits per heavy atom. The Morgan fingerprint density at radius 1 is 0.806 bits per heavy atom. The number of likely N-dealkylation sites (tertiary alicyclic amines) is 1. The van der Waals surface area contributed by atoms with Crippen LogP contribution in [-0.4, -0.2) is 34.5 Å². The Morgan fingerprint density at radius 3 is 1.78 bits per heavy atom. The SMILES string of the molecule is CC(C)(C)c1ccc([C@H](O)CCC[N+]2([O-])CCC(C(O)(c3ccccc3)c3ccccc3)CC2)cc1. The maximum absolute atomic E-state index is 13.5. The van der Waals surface area contributed by atoms with E-state index in [1.807, 2.05) is 72.8 Å². The van der Waals surface area contributed by atoms with Crippen molar-refractivity contribution < 1.29 is 14.9 Å². The number of hydrogen-bond donors (Lipinski definition) is 2. The maximum Gasteiger partial charge on any atom is 0.118 e. The van der Waals surface area contributed by atoms with Gasteiger partial charge >= 0.3 is 0 Å². The first kappa shape index (κ1) is 26.6. The van der Waals surface area contributed by atoms with Crippen LogP contribution in [-0.2, 0) is 11.0 Å². The van der Waals surface area contributed by atoms with E-state index in [1.165, 1.54) is 5.56 Å². The molecule has 4 nitrogen and oxygen atoms in total. The molecule has 4 rings (SSSR count). The van der Waals surface area contributed by atoms with Crippen LogP contribution in [0, 0.1) is 11.1 Å². The molecular formula is C32H41NO3. The minimum atomic E-state index is -1.11. The van der Waals surface area contributed by atoms with Crippen LogP contribution in [0.3, 0.4) is 0 Å². The normalized spacial score (nSPS) is 21.8. The van der Waals surface area contributed by atoms with Crippen molar-refractivity contribution in [1.29, 1.82) is 0 Å². The molecule has 1 aliphatic heterocycles. The molecular weight excluding hydrogens is 446 g/mol. The first-order valence-corrected chi connectivity index (χ1v) is 13.3. The summed E-state index contributed by atoms with van der Waals surface area (Å²) in [4.78, 5) is 0. The number of rotatable bonds is 8. The number of aliphatic hydroxyl groups excluding tert-OH is 1. The molecule has 0 amide bonds. The molecule has 2 N–H and O–H groups in total. The second-order valence-electron chi connectivity index (χ2n) is 11.5. The van der Waals surface area contributed by atoms with E-state index in [4.69, 9.17) is 0 Å². The largest absolute Gasteiger partial charge is 0.633 e. The Hall–Kier alpha value is -2.50. The summed E-state index contributed by atoms with van der Waals surface area (Å²) in [7, 11) is 0. The molecule has 36 heavy (non-hydrogen) atoms. The number of hydrogen-bond acceptors (Lipinski definition) is 3. The molecule has 1 heterocycles. The highest BCUT2D eigenvalue weighted by Gasteiger charge is 2.43. The average Bonchev–Trinajstić information content (AvgIpc) is 2.89. The zero-order valence-electron chi connectivity index (χ0n) is 21.9. The van der Waals surface area contributed by atoms with Crippen molar-refractivity contribution in [2.45, 2.75) is 63.6 Å². The molecule has 1 fully saturated rings. The predicted octanol–water partition coefficient (Wildman–Crippen LogP) is 6.46. The number of hydroxylamine groups is 3. The number of piperidine rings is 1. The number of aliphatic hydroxyl groups is 2.